The van der Waals surface area contributed by atoms with Gasteiger partial charge in [-0.3, -0.25) is 9.59 Å². The van der Waals surface area contributed by atoms with Crippen molar-refractivity contribution in [1.29, 1.82) is 0 Å². The van der Waals surface area contributed by atoms with Gasteiger partial charge in [0.15, 0.2) is 0 Å². The molecule has 0 aromatic heterocycles. The van der Waals surface area contributed by atoms with E-state index < -0.39 is 16.1 Å². The number of aryl methyl sites for hydroxylation is 1. The number of carbonyl (C=O) groups is 2. The molecule has 0 radical (unpaired) electrons. The second-order valence-electron chi connectivity index (χ2n) is 9.49. The lowest BCUT2D eigenvalue weighted by molar-refractivity contribution is -0.134. The Balaban J connectivity index is 1.58. The van der Waals surface area contributed by atoms with Crippen LogP contribution in [0, 0.1) is 12.8 Å². The third-order valence-corrected chi connectivity index (χ3v) is 8.27. The Morgan fingerprint density at radius 1 is 1.03 bits per heavy atom. The quantitative estimate of drug-likeness (QED) is 0.472. The molecule has 8 nitrogen and oxygen atoms in total. The number of nitrogens with two attached hydrogens (primary N) is 1. The van der Waals surface area contributed by atoms with Gasteiger partial charge in [0.2, 0.25) is 15.9 Å². The molecule has 3 unspecified atom stereocenters. The van der Waals surface area contributed by atoms with Crippen LogP contribution in [-0.2, 0) is 14.8 Å². The number of rotatable bonds is 6. The first-order valence-corrected chi connectivity index (χ1v) is 13.5. The molecule has 1 heterocycles. The van der Waals surface area contributed by atoms with Gasteiger partial charge >= 0.3 is 0 Å². The van der Waals surface area contributed by atoms with Gasteiger partial charge in [-0.05, 0) is 49.9 Å². The summed E-state index contributed by atoms with van der Waals surface area (Å²) in [5.74, 6) is -0.457. The number of amides is 2. The molecule has 4 N–H and O–H groups in total. The van der Waals surface area contributed by atoms with Gasteiger partial charge in [0.25, 0.3) is 5.91 Å². The first-order valence-electron chi connectivity index (χ1n) is 12.0. The monoisotopic (exact) mass is 508 g/mol. The molecule has 1 aliphatic rings. The van der Waals surface area contributed by atoms with E-state index in [-0.39, 0.29) is 28.7 Å². The number of likely N-dealkylation sites (tertiary alicyclic amines) is 1. The summed E-state index contributed by atoms with van der Waals surface area (Å²) in [6, 6.07) is 16.7. The Bertz CT molecular complexity index is 1400. The fourth-order valence-electron chi connectivity index (χ4n) is 4.71. The normalized spacial score (nSPS) is 19.2. The van der Waals surface area contributed by atoms with Gasteiger partial charge in [-0.15, -0.1) is 0 Å². The first-order chi connectivity index (χ1) is 17.1. The molecule has 1 aliphatic heterocycles. The summed E-state index contributed by atoms with van der Waals surface area (Å²) in [7, 11) is -3.87. The van der Waals surface area contributed by atoms with Crippen LogP contribution in [0.4, 0.5) is 5.69 Å². The van der Waals surface area contributed by atoms with Crippen LogP contribution < -0.4 is 15.8 Å². The maximum atomic E-state index is 13.5. The van der Waals surface area contributed by atoms with Crippen LogP contribution in [-0.4, -0.2) is 50.3 Å². The fraction of sp³-hybridized carbons (Fsp3) is 0.333. The number of hydrogen-bond donors (Lipinski definition) is 3. The number of piperidine rings is 1. The van der Waals surface area contributed by atoms with Crippen LogP contribution in [0.3, 0.4) is 0 Å². The van der Waals surface area contributed by atoms with Crippen molar-refractivity contribution < 1.29 is 18.0 Å². The van der Waals surface area contributed by atoms with Crippen LogP contribution in [0.25, 0.3) is 10.8 Å². The minimum atomic E-state index is -3.87. The zero-order valence-electron chi connectivity index (χ0n) is 20.7. The van der Waals surface area contributed by atoms with Crippen LogP contribution >= 0.6 is 0 Å². The largest absolute Gasteiger partial charge is 0.341 e. The summed E-state index contributed by atoms with van der Waals surface area (Å²) in [5.41, 5.74) is 7.68. The fourth-order valence-corrected chi connectivity index (χ4v) is 6.31. The molecule has 2 amide bonds. The molecule has 1 saturated heterocycles. The zero-order chi connectivity index (χ0) is 26.0. The van der Waals surface area contributed by atoms with Crippen molar-refractivity contribution in [3.63, 3.8) is 0 Å². The number of nitrogens with one attached hydrogen (secondary N) is 2. The number of anilines is 1. The summed E-state index contributed by atoms with van der Waals surface area (Å²) >= 11 is 0. The molecule has 0 spiro atoms. The van der Waals surface area contributed by atoms with Crippen molar-refractivity contribution in [2.75, 3.05) is 18.4 Å². The third-order valence-electron chi connectivity index (χ3n) is 6.72. The topological polar surface area (TPSA) is 122 Å². The standard InChI is InChI=1S/C27H32N4O4S/c1-17-8-4-5-9-20(17)26(32)29-24-12-6-11-22-21(24)10-7-13-25(22)36(34,35)30-23-14-15-31(16-18(23)2)27(33)19(3)28/h4-13,18-19,23,30H,14-16,28H2,1-3H3,(H,29,32). The highest BCUT2D eigenvalue weighted by atomic mass is 32.2. The SMILES string of the molecule is Cc1ccccc1C(=O)Nc1cccc2c(S(=O)(=O)NC3CCN(C(=O)C(C)N)CC3C)cccc12. The Morgan fingerprint density at radius 2 is 1.72 bits per heavy atom. The average Bonchev–Trinajstić information content (AvgIpc) is 2.84. The van der Waals surface area contributed by atoms with Gasteiger partial charge in [-0.2, -0.15) is 0 Å². The lowest BCUT2D eigenvalue weighted by Crippen LogP contribution is -2.54. The molecule has 3 atom stereocenters. The molecule has 0 bridgehead atoms. The maximum Gasteiger partial charge on any atom is 0.255 e. The van der Waals surface area contributed by atoms with Gasteiger partial charge in [0, 0.05) is 41.2 Å². The van der Waals surface area contributed by atoms with Crippen LogP contribution in [0.1, 0.15) is 36.2 Å². The van der Waals surface area contributed by atoms with Crippen molar-refractivity contribution in [3.05, 3.63) is 71.8 Å². The van der Waals surface area contributed by atoms with E-state index in [2.05, 4.69) is 10.0 Å². The number of carbonyl (C=O) groups excluding carboxylic acids is 2. The molecule has 9 heteroatoms. The summed E-state index contributed by atoms with van der Waals surface area (Å²) in [6.07, 6.45) is 0.501. The van der Waals surface area contributed by atoms with Crippen molar-refractivity contribution in [3.8, 4) is 0 Å². The first kappa shape index (κ1) is 25.8. The molecule has 36 heavy (non-hydrogen) atoms. The number of fused-ring (bicyclic) bond motifs is 1. The van der Waals surface area contributed by atoms with Crippen LogP contribution in [0.2, 0.25) is 0 Å². The molecule has 3 aromatic rings. The van der Waals surface area contributed by atoms with Crippen molar-refractivity contribution >= 4 is 38.3 Å². The van der Waals surface area contributed by atoms with E-state index in [1.165, 1.54) is 0 Å². The Morgan fingerprint density at radius 3 is 2.42 bits per heavy atom. The minimum absolute atomic E-state index is 0.0739. The highest BCUT2D eigenvalue weighted by Gasteiger charge is 2.33. The van der Waals surface area contributed by atoms with Crippen molar-refractivity contribution in [1.82, 2.24) is 9.62 Å². The highest BCUT2D eigenvalue weighted by molar-refractivity contribution is 7.89. The van der Waals surface area contributed by atoms with E-state index in [0.717, 1.165) is 5.56 Å². The summed E-state index contributed by atoms with van der Waals surface area (Å²) < 4.78 is 29.8. The highest BCUT2D eigenvalue weighted by Crippen LogP contribution is 2.30. The van der Waals surface area contributed by atoms with Crippen molar-refractivity contribution in [2.24, 2.45) is 11.7 Å². The number of hydrogen-bond acceptors (Lipinski definition) is 5. The Kier molecular flexibility index (Phi) is 7.44. The molecule has 1 fully saturated rings. The Labute approximate surface area is 211 Å². The molecule has 4 rings (SSSR count). The van der Waals surface area contributed by atoms with Gasteiger partial charge in [0.05, 0.1) is 10.9 Å². The van der Waals surface area contributed by atoms with Crippen molar-refractivity contribution in [2.45, 2.75) is 44.2 Å². The predicted octanol–water partition coefficient (Wildman–Crippen LogP) is 3.26. The third kappa shape index (κ3) is 5.28. The number of benzene rings is 3. The summed E-state index contributed by atoms with van der Waals surface area (Å²) in [4.78, 5) is 27.0. The van der Waals surface area contributed by atoms with Gasteiger partial charge in [-0.1, -0.05) is 49.4 Å². The van der Waals surface area contributed by atoms with E-state index in [1.807, 2.05) is 26.0 Å². The average molecular weight is 509 g/mol. The van der Waals surface area contributed by atoms with E-state index in [9.17, 15) is 18.0 Å². The smallest absolute Gasteiger partial charge is 0.255 e. The molecule has 0 aliphatic carbocycles. The van der Waals surface area contributed by atoms with Crippen LogP contribution in [0.15, 0.2) is 65.6 Å². The molecule has 3 aromatic carbocycles. The lowest BCUT2D eigenvalue weighted by Gasteiger charge is -2.37. The van der Waals surface area contributed by atoms with E-state index in [4.69, 9.17) is 5.73 Å². The van der Waals surface area contributed by atoms with E-state index >= 15 is 0 Å². The molecular weight excluding hydrogens is 476 g/mol. The maximum absolute atomic E-state index is 13.5. The molecular formula is C27H32N4O4S. The summed E-state index contributed by atoms with van der Waals surface area (Å²) in [6.45, 7) is 6.34. The molecule has 0 saturated carbocycles. The summed E-state index contributed by atoms with van der Waals surface area (Å²) in [5, 5.41) is 4.08. The predicted molar refractivity (Wildman–Crippen MR) is 141 cm³/mol. The van der Waals surface area contributed by atoms with E-state index in [0.29, 0.717) is 41.5 Å². The Hall–Kier alpha value is -3.27. The second-order valence-corrected chi connectivity index (χ2v) is 11.2. The zero-order valence-corrected chi connectivity index (χ0v) is 21.5. The number of nitrogens with zero attached hydrogens (tertiary/aromatic N) is 1. The molecule has 190 valence electrons. The van der Waals surface area contributed by atoms with Gasteiger partial charge in [0.1, 0.15) is 0 Å². The minimum Gasteiger partial charge on any atom is -0.341 e. The van der Waals surface area contributed by atoms with Gasteiger partial charge in [-0.25, -0.2) is 13.1 Å². The van der Waals surface area contributed by atoms with E-state index in [1.54, 1.807) is 60.4 Å². The van der Waals surface area contributed by atoms with Crippen LogP contribution in [0.5, 0.6) is 0 Å². The lowest BCUT2D eigenvalue weighted by atomic mass is 9.94. The second kappa shape index (κ2) is 10.4. The number of sulfonamides is 1. The van der Waals surface area contributed by atoms with Gasteiger partial charge < -0.3 is 16.0 Å².